The number of hydrogen-bond donors (Lipinski definition) is 1. The van der Waals surface area contributed by atoms with Crippen molar-refractivity contribution in [2.24, 2.45) is 11.7 Å². The quantitative estimate of drug-likeness (QED) is 0.922. The molecule has 0 radical (unpaired) electrons. The number of aromatic nitrogens is 2. The zero-order valence-electron chi connectivity index (χ0n) is 12.9. The lowest BCUT2D eigenvalue weighted by atomic mass is 9.97. The van der Waals surface area contributed by atoms with Crippen molar-refractivity contribution in [1.82, 2.24) is 14.5 Å². The van der Waals surface area contributed by atoms with Crippen LogP contribution in [0.25, 0.3) is 11.0 Å². The van der Waals surface area contributed by atoms with Crippen LogP contribution in [0, 0.1) is 5.92 Å². The van der Waals surface area contributed by atoms with Crippen LogP contribution in [0.2, 0.25) is 0 Å². The van der Waals surface area contributed by atoms with Gasteiger partial charge >= 0.3 is 6.09 Å². The molecule has 1 aliphatic heterocycles. The third-order valence-electron chi connectivity index (χ3n) is 4.19. The molecular weight excluding hydrogens is 296 g/mol. The van der Waals surface area contributed by atoms with Gasteiger partial charge in [0.25, 0.3) is 5.91 Å². The van der Waals surface area contributed by atoms with Gasteiger partial charge in [-0.15, -0.1) is 0 Å². The Morgan fingerprint density at radius 1 is 1.26 bits per heavy atom. The van der Waals surface area contributed by atoms with E-state index in [1.54, 1.807) is 4.90 Å². The van der Waals surface area contributed by atoms with Crippen LogP contribution in [0.1, 0.15) is 12.8 Å². The highest BCUT2D eigenvalue weighted by Crippen LogP contribution is 2.22. The number of carbonyl (C=O) groups is 2. The van der Waals surface area contributed by atoms with Gasteiger partial charge in [0.2, 0.25) is 0 Å². The lowest BCUT2D eigenvalue weighted by Crippen LogP contribution is -2.40. The highest BCUT2D eigenvalue weighted by molar-refractivity contribution is 5.78. The normalized spacial score (nSPS) is 15.7. The van der Waals surface area contributed by atoms with Crippen molar-refractivity contribution in [3.05, 3.63) is 30.6 Å². The van der Waals surface area contributed by atoms with Crippen molar-refractivity contribution in [2.75, 3.05) is 19.7 Å². The second-order valence-corrected chi connectivity index (χ2v) is 5.84. The lowest BCUT2D eigenvalue weighted by Gasteiger charge is -2.31. The largest absolute Gasteiger partial charge is 0.439 e. The number of rotatable bonds is 4. The molecule has 2 N–H and O–H groups in total. The van der Waals surface area contributed by atoms with E-state index in [0.717, 1.165) is 30.4 Å². The minimum atomic E-state index is -0.639. The standard InChI is InChI=1S/C16H20N4O3/c17-15(21)10-23-16(22)19-7-5-12(6-8-19)9-20-11-18-13-3-1-2-4-14(13)20/h1-4,11-12H,5-10H2,(H2,17,21). The van der Waals surface area contributed by atoms with Gasteiger partial charge in [0.05, 0.1) is 17.4 Å². The summed E-state index contributed by atoms with van der Waals surface area (Å²) in [5, 5.41) is 0. The second kappa shape index (κ2) is 6.68. The molecule has 3 rings (SSSR count). The Bertz CT molecular complexity index is 704. The maximum atomic E-state index is 11.8. The average molecular weight is 316 g/mol. The molecule has 0 bridgehead atoms. The van der Waals surface area contributed by atoms with Gasteiger partial charge in [0.15, 0.2) is 6.61 Å². The van der Waals surface area contributed by atoms with Gasteiger partial charge in [-0.1, -0.05) is 12.1 Å². The van der Waals surface area contributed by atoms with E-state index in [2.05, 4.69) is 15.6 Å². The summed E-state index contributed by atoms with van der Waals surface area (Å²) in [4.78, 5) is 28.5. The maximum absolute atomic E-state index is 11.8. The van der Waals surface area contributed by atoms with Crippen LogP contribution in [0.15, 0.2) is 30.6 Å². The molecule has 0 atom stereocenters. The fourth-order valence-corrected chi connectivity index (χ4v) is 2.96. The summed E-state index contributed by atoms with van der Waals surface area (Å²) in [6.45, 7) is 1.80. The Balaban J connectivity index is 1.53. The van der Waals surface area contributed by atoms with Gasteiger partial charge in [0, 0.05) is 19.6 Å². The number of piperidine rings is 1. The van der Waals surface area contributed by atoms with Gasteiger partial charge in [0.1, 0.15) is 0 Å². The van der Waals surface area contributed by atoms with Crippen LogP contribution in [-0.2, 0) is 16.1 Å². The Morgan fingerprint density at radius 2 is 2.00 bits per heavy atom. The summed E-state index contributed by atoms with van der Waals surface area (Å²) in [5.41, 5.74) is 7.11. The summed E-state index contributed by atoms with van der Waals surface area (Å²) >= 11 is 0. The summed E-state index contributed by atoms with van der Waals surface area (Å²) in [5.74, 6) is -0.145. The number of amides is 2. The molecule has 2 amide bonds. The number of carbonyl (C=O) groups excluding carboxylic acids is 2. The topological polar surface area (TPSA) is 90.5 Å². The maximum Gasteiger partial charge on any atom is 0.410 e. The monoisotopic (exact) mass is 316 g/mol. The minimum absolute atomic E-state index is 0.361. The number of ether oxygens (including phenoxy) is 1. The van der Waals surface area contributed by atoms with Crippen molar-refractivity contribution < 1.29 is 14.3 Å². The molecule has 1 aromatic heterocycles. The second-order valence-electron chi connectivity index (χ2n) is 5.84. The van der Waals surface area contributed by atoms with Gasteiger partial charge in [-0.25, -0.2) is 9.78 Å². The van der Waals surface area contributed by atoms with Crippen molar-refractivity contribution in [2.45, 2.75) is 19.4 Å². The van der Waals surface area contributed by atoms with Crippen LogP contribution >= 0.6 is 0 Å². The Kier molecular flexibility index (Phi) is 4.45. The first-order valence-electron chi connectivity index (χ1n) is 7.73. The number of primary amides is 1. The summed E-state index contributed by atoms with van der Waals surface area (Å²) in [7, 11) is 0. The molecule has 2 aromatic rings. The number of benzene rings is 1. The number of likely N-dealkylation sites (tertiary alicyclic amines) is 1. The number of imidazole rings is 1. The molecule has 0 spiro atoms. The number of hydrogen-bond acceptors (Lipinski definition) is 4. The van der Waals surface area contributed by atoms with E-state index in [9.17, 15) is 9.59 Å². The Morgan fingerprint density at radius 3 is 2.74 bits per heavy atom. The molecule has 0 saturated carbocycles. The average Bonchev–Trinajstić information content (AvgIpc) is 2.96. The molecule has 23 heavy (non-hydrogen) atoms. The fraction of sp³-hybridized carbons (Fsp3) is 0.438. The van der Waals surface area contributed by atoms with Crippen molar-refractivity contribution in [1.29, 1.82) is 0 Å². The SMILES string of the molecule is NC(=O)COC(=O)N1CCC(Cn2cnc3ccccc32)CC1. The first kappa shape index (κ1) is 15.3. The van der Waals surface area contributed by atoms with Crippen LogP contribution in [0.3, 0.4) is 0 Å². The Labute approximate surface area is 134 Å². The van der Waals surface area contributed by atoms with Crippen LogP contribution in [-0.4, -0.2) is 46.1 Å². The van der Waals surface area contributed by atoms with Crippen molar-refractivity contribution in [3.63, 3.8) is 0 Å². The summed E-state index contributed by atoms with van der Waals surface area (Å²) in [6.07, 6.45) is 3.21. The van der Waals surface area contributed by atoms with E-state index in [0.29, 0.717) is 19.0 Å². The number of para-hydroxylation sites is 2. The van der Waals surface area contributed by atoms with E-state index in [-0.39, 0.29) is 6.61 Å². The van der Waals surface area contributed by atoms with Crippen molar-refractivity contribution >= 4 is 23.0 Å². The molecule has 7 heteroatoms. The van der Waals surface area contributed by atoms with E-state index in [4.69, 9.17) is 10.5 Å². The third-order valence-corrected chi connectivity index (χ3v) is 4.19. The lowest BCUT2D eigenvalue weighted by molar-refractivity contribution is -0.121. The van der Waals surface area contributed by atoms with Crippen LogP contribution in [0.4, 0.5) is 4.79 Å². The number of nitrogens with zero attached hydrogens (tertiary/aromatic N) is 3. The van der Waals surface area contributed by atoms with E-state index in [1.807, 2.05) is 24.5 Å². The molecule has 1 fully saturated rings. The molecule has 1 aromatic carbocycles. The van der Waals surface area contributed by atoms with Gasteiger partial charge < -0.3 is 19.9 Å². The molecule has 122 valence electrons. The third kappa shape index (κ3) is 3.61. The molecule has 0 aliphatic carbocycles. The number of nitrogens with two attached hydrogens (primary N) is 1. The van der Waals surface area contributed by atoms with Gasteiger partial charge in [-0.05, 0) is 30.9 Å². The zero-order valence-corrected chi connectivity index (χ0v) is 12.9. The molecule has 2 heterocycles. The van der Waals surface area contributed by atoms with Crippen LogP contribution in [0.5, 0.6) is 0 Å². The first-order chi connectivity index (χ1) is 11.1. The van der Waals surface area contributed by atoms with E-state index in [1.165, 1.54) is 0 Å². The summed E-state index contributed by atoms with van der Waals surface area (Å²) in [6, 6.07) is 8.07. The molecule has 7 nitrogen and oxygen atoms in total. The molecule has 1 saturated heterocycles. The van der Waals surface area contributed by atoms with Crippen LogP contribution < -0.4 is 5.73 Å². The van der Waals surface area contributed by atoms with Gasteiger partial charge in [-0.2, -0.15) is 0 Å². The predicted molar refractivity (Wildman–Crippen MR) is 84.6 cm³/mol. The number of fused-ring (bicyclic) bond motifs is 1. The molecule has 0 unspecified atom stereocenters. The predicted octanol–water partition coefficient (Wildman–Crippen LogP) is 1.37. The first-order valence-corrected chi connectivity index (χ1v) is 7.73. The smallest absolute Gasteiger partial charge is 0.410 e. The molecule has 1 aliphatic rings. The molecular formula is C16H20N4O3. The van der Waals surface area contributed by atoms with Crippen molar-refractivity contribution in [3.8, 4) is 0 Å². The highest BCUT2D eigenvalue weighted by Gasteiger charge is 2.24. The zero-order chi connectivity index (χ0) is 16.2. The van der Waals surface area contributed by atoms with E-state index < -0.39 is 12.0 Å². The van der Waals surface area contributed by atoms with Gasteiger partial charge in [-0.3, -0.25) is 4.79 Å². The highest BCUT2D eigenvalue weighted by atomic mass is 16.6. The minimum Gasteiger partial charge on any atom is -0.439 e. The van der Waals surface area contributed by atoms with E-state index >= 15 is 0 Å². The Hall–Kier alpha value is -2.57. The summed E-state index contributed by atoms with van der Waals surface area (Å²) < 4.78 is 7.01. The fourth-order valence-electron chi connectivity index (χ4n) is 2.96.